The SMILES string of the molecule is C.C.C=Cc1ccccc1C(=C)C. The quantitative estimate of drug-likeness (QED) is 0.616. The molecule has 1 aromatic rings. The lowest BCUT2D eigenvalue weighted by atomic mass is 10.0. The van der Waals surface area contributed by atoms with Crippen LogP contribution in [0.4, 0.5) is 0 Å². The topological polar surface area (TPSA) is 0 Å². The van der Waals surface area contributed by atoms with Gasteiger partial charge < -0.3 is 0 Å². The summed E-state index contributed by atoms with van der Waals surface area (Å²) in [5, 5.41) is 0. The molecule has 13 heavy (non-hydrogen) atoms. The van der Waals surface area contributed by atoms with Gasteiger partial charge in [-0.25, -0.2) is 0 Å². The van der Waals surface area contributed by atoms with Crippen molar-refractivity contribution in [2.24, 2.45) is 0 Å². The fraction of sp³-hybridized carbons (Fsp3) is 0.231. The van der Waals surface area contributed by atoms with Crippen LogP contribution >= 0.6 is 0 Å². The molecule has 0 aromatic heterocycles. The van der Waals surface area contributed by atoms with Gasteiger partial charge in [-0.1, -0.05) is 63.9 Å². The minimum Gasteiger partial charge on any atom is -0.0984 e. The Kier molecular flexibility index (Phi) is 6.84. The van der Waals surface area contributed by atoms with Crippen LogP contribution in [0.2, 0.25) is 0 Å². The molecular weight excluding hydrogens is 156 g/mol. The second-order valence-electron chi connectivity index (χ2n) is 2.57. The normalized spacial score (nSPS) is 7.77. The lowest BCUT2D eigenvalue weighted by Crippen LogP contribution is -1.82. The Morgan fingerprint density at radius 2 is 1.77 bits per heavy atom. The monoisotopic (exact) mass is 176 g/mol. The average Bonchev–Trinajstić information content (AvgIpc) is 2.04. The number of allylic oxidation sites excluding steroid dienone is 1. The molecule has 0 amide bonds. The zero-order valence-electron chi connectivity index (χ0n) is 6.80. The first-order valence-corrected chi connectivity index (χ1v) is 3.63. The van der Waals surface area contributed by atoms with Gasteiger partial charge in [-0.05, 0) is 18.1 Å². The molecule has 0 nitrogen and oxygen atoms in total. The van der Waals surface area contributed by atoms with Crippen molar-refractivity contribution in [1.82, 2.24) is 0 Å². The highest BCUT2D eigenvalue weighted by molar-refractivity contribution is 5.71. The van der Waals surface area contributed by atoms with Crippen LogP contribution in [-0.2, 0) is 0 Å². The first-order valence-electron chi connectivity index (χ1n) is 3.63. The van der Waals surface area contributed by atoms with Crippen LogP contribution in [-0.4, -0.2) is 0 Å². The van der Waals surface area contributed by atoms with E-state index in [0.29, 0.717) is 0 Å². The molecule has 0 aliphatic rings. The van der Waals surface area contributed by atoms with E-state index in [9.17, 15) is 0 Å². The maximum absolute atomic E-state index is 3.89. The minimum absolute atomic E-state index is 0. The molecule has 0 heterocycles. The van der Waals surface area contributed by atoms with Crippen LogP contribution in [0, 0.1) is 0 Å². The Hall–Kier alpha value is -1.30. The molecular formula is C13H20. The summed E-state index contributed by atoms with van der Waals surface area (Å²) < 4.78 is 0. The molecule has 0 bridgehead atoms. The first-order chi connectivity index (χ1) is 5.25. The van der Waals surface area contributed by atoms with Gasteiger partial charge in [-0.3, -0.25) is 0 Å². The van der Waals surface area contributed by atoms with Gasteiger partial charge in [-0.15, -0.1) is 0 Å². The summed E-state index contributed by atoms with van der Waals surface area (Å²) in [6, 6.07) is 8.11. The van der Waals surface area contributed by atoms with E-state index in [2.05, 4.69) is 19.2 Å². The fourth-order valence-corrected chi connectivity index (χ4v) is 1.06. The van der Waals surface area contributed by atoms with Gasteiger partial charge in [0.1, 0.15) is 0 Å². The summed E-state index contributed by atoms with van der Waals surface area (Å²) in [7, 11) is 0. The maximum atomic E-state index is 3.89. The Labute approximate surface area is 82.6 Å². The molecule has 0 saturated carbocycles. The summed E-state index contributed by atoms with van der Waals surface area (Å²) in [4.78, 5) is 0. The Morgan fingerprint density at radius 3 is 2.15 bits per heavy atom. The third kappa shape index (κ3) is 3.29. The Balaban J connectivity index is 0. The van der Waals surface area contributed by atoms with Gasteiger partial charge in [0.05, 0.1) is 0 Å². The molecule has 0 atom stereocenters. The van der Waals surface area contributed by atoms with Crippen LogP contribution < -0.4 is 0 Å². The van der Waals surface area contributed by atoms with E-state index in [-0.39, 0.29) is 14.9 Å². The van der Waals surface area contributed by atoms with Crippen molar-refractivity contribution in [3.05, 3.63) is 48.6 Å². The van der Waals surface area contributed by atoms with Gasteiger partial charge >= 0.3 is 0 Å². The van der Waals surface area contributed by atoms with Crippen LogP contribution in [0.5, 0.6) is 0 Å². The Morgan fingerprint density at radius 1 is 1.23 bits per heavy atom. The molecule has 0 heteroatoms. The summed E-state index contributed by atoms with van der Waals surface area (Å²) >= 11 is 0. The predicted molar refractivity (Wildman–Crippen MR) is 64.7 cm³/mol. The summed E-state index contributed by atoms with van der Waals surface area (Å²) in [6.45, 7) is 9.62. The minimum atomic E-state index is 0. The largest absolute Gasteiger partial charge is 0.0984 e. The second kappa shape index (κ2) is 6.24. The predicted octanol–water partition coefficient (Wildman–Crippen LogP) is 4.63. The van der Waals surface area contributed by atoms with Crippen molar-refractivity contribution in [3.8, 4) is 0 Å². The molecule has 0 N–H and O–H groups in total. The van der Waals surface area contributed by atoms with Crippen molar-refractivity contribution in [3.63, 3.8) is 0 Å². The van der Waals surface area contributed by atoms with E-state index >= 15 is 0 Å². The van der Waals surface area contributed by atoms with Gasteiger partial charge in [-0.2, -0.15) is 0 Å². The third-order valence-corrected chi connectivity index (χ3v) is 1.64. The molecule has 0 aliphatic carbocycles. The van der Waals surface area contributed by atoms with E-state index in [1.54, 1.807) is 0 Å². The van der Waals surface area contributed by atoms with E-state index in [1.165, 1.54) is 5.56 Å². The molecule has 0 spiro atoms. The molecule has 0 radical (unpaired) electrons. The van der Waals surface area contributed by atoms with Crippen LogP contribution in [0.3, 0.4) is 0 Å². The lowest BCUT2D eigenvalue weighted by Gasteiger charge is -2.02. The first kappa shape index (κ1) is 14.2. The molecule has 1 aromatic carbocycles. The fourth-order valence-electron chi connectivity index (χ4n) is 1.06. The molecule has 0 fully saturated rings. The zero-order valence-corrected chi connectivity index (χ0v) is 6.80. The van der Waals surface area contributed by atoms with Crippen LogP contribution in [0.25, 0.3) is 11.6 Å². The van der Waals surface area contributed by atoms with E-state index in [1.807, 2.05) is 31.2 Å². The summed E-state index contributed by atoms with van der Waals surface area (Å²) in [5.41, 5.74) is 3.42. The molecule has 1 rings (SSSR count). The average molecular weight is 176 g/mol. The zero-order chi connectivity index (χ0) is 8.27. The number of rotatable bonds is 2. The molecule has 0 saturated heterocycles. The number of hydrogen-bond donors (Lipinski definition) is 0. The third-order valence-electron chi connectivity index (χ3n) is 1.64. The second-order valence-corrected chi connectivity index (χ2v) is 2.57. The van der Waals surface area contributed by atoms with E-state index in [0.717, 1.165) is 11.1 Å². The maximum Gasteiger partial charge on any atom is -0.0161 e. The summed E-state index contributed by atoms with van der Waals surface area (Å²) in [5.74, 6) is 0. The molecule has 72 valence electrons. The lowest BCUT2D eigenvalue weighted by molar-refractivity contribution is 1.55. The Bertz CT molecular complexity index is 282. The smallest absolute Gasteiger partial charge is 0.0161 e. The van der Waals surface area contributed by atoms with Crippen LogP contribution in [0.1, 0.15) is 32.9 Å². The van der Waals surface area contributed by atoms with Crippen molar-refractivity contribution < 1.29 is 0 Å². The van der Waals surface area contributed by atoms with E-state index < -0.39 is 0 Å². The van der Waals surface area contributed by atoms with Crippen molar-refractivity contribution in [1.29, 1.82) is 0 Å². The van der Waals surface area contributed by atoms with Crippen molar-refractivity contribution >= 4 is 11.6 Å². The standard InChI is InChI=1S/C11H12.2CH4/c1-4-10-7-5-6-8-11(10)9(2)3;;/h4-8H,1-2H2,3H3;2*1H4. The van der Waals surface area contributed by atoms with Gasteiger partial charge in [0, 0.05) is 0 Å². The van der Waals surface area contributed by atoms with E-state index in [4.69, 9.17) is 0 Å². The summed E-state index contributed by atoms with van der Waals surface area (Å²) in [6.07, 6.45) is 1.85. The molecule has 0 unspecified atom stereocenters. The van der Waals surface area contributed by atoms with Crippen LogP contribution in [0.15, 0.2) is 37.4 Å². The molecule has 0 aliphatic heterocycles. The van der Waals surface area contributed by atoms with Gasteiger partial charge in [0.2, 0.25) is 0 Å². The van der Waals surface area contributed by atoms with Gasteiger partial charge in [0.15, 0.2) is 0 Å². The number of benzene rings is 1. The van der Waals surface area contributed by atoms with Crippen molar-refractivity contribution in [2.45, 2.75) is 21.8 Å². The van der Waals surface area contributed by atoms with Crippen molar-refractivity contribution in [2.75, 3.05) is 0 Å². The highest BCUT2D eigenvalue weighted by Crippen LogP contribution is 2.17. The highest BCUT2D eigenvalue weighted by Gasteiger charge is 1.96. The number of hydrogen-bond acceptors (Lipinski definition) is 0. The highest BCUT2D eigenvalue weighted by atomic mass is 14.0. The van der Waals surface area contributed by atoms with Gasteiger partial charge in [0.25, 0.3) is 0 Å².